The van der Waals surface area contributed by atoms with E-state index in [1.807, 2.05) is 48.2 Å². The lowest BCUT2D eigenvalue weighted by Crippen LogP contribution is -2.51. The minimum Gasteiger partial charge on any atom is -0.377 e. The number of aromatic nitrogens is 1. The van der Waals surface area contributed by atoms with E-state index in [0.29, 0.717) is 45.4 Å². The molecule has 0 spiro atoms. The highest BCUT2D eigenvalue weighted by molar-refractivity contribution is 7.89. The summed E-state index contributed by atoms with van der Waals surface area (Å²) < 4.78 is 35.1. The number of sulfonamides is 1. The van der Waals surface area contributed by atoms with Gasteiger partial charge in [0.15, 0.2) is 0 Å². The van der Waals surface area contributed by atoms with E-state index in [2.05, 4.69) is 15.8 Å². The number of nitrogens with one attached hydrogen (secondary N) is 2. The van der Waals surface area contributed by atoms with Crippen molar-refractivity contribution in [3.8, 4) is 11.3 Å². The maximum atomic E-state index is 13.3. The van der Waals surface area contributed by atoms with Crippen molar-refractivity contribution < 1.29 is 17.9 Å². The number of H-pyrrole nitrogens is 1. The first kappa shape index (κ1) is 24.4. The smallest absolute Gasteiger partial charge is 0.240 e. The van der Waals surface area contributed by atoms with Gasteiger partial charge in [0.05, 0.1) is 24.2 Å². The molecule has 2 heterocycles. The number of carbonyl (C=O) groups is 1. The molecular formula is C29H33N3O4S. The van der Waals surface area contributed by atoms with Crippen molar-refractivity contribution in [2.45, 2.75) is 56.0 Å². The van der Waals surface area contributed by atoms with Gasteiger partial charge in [-0.05, 0) is 67.9 Å². The van der Waals surface area contributed by atoms with E-state index in [1.165, 1.54) is 5.57 Å². The van der Waals surface area contributed by atoms with Gasteiger partial charge in [-0.25, -0.2) is 13.1 Å². The van der Waals surface area contributed by atoms with Crippen LogP contribution < -0.4 is 4.72 Å². The van der Waals surface area contributed by atoms with Crippen molar-refractivity contribution in [3.05, 3.63) is 65.7 Å². The minimum atomic E-state index is -3.68. The van der Waals surface area contributed by atoms with Gasteiger partial charge in [-0.15, -0.1) is 0 Å². The Labute approximate surface area is 217 Å². The summed E-state index contributed by atoms with van der Waals surface area (Å²) in [6.45, 7) is 3.86. The molecule has 1 saturated heterocycles. The summed E-state index contributed by atoms with van der Waals surface area (Å²) in [4.78, 5) is 18.9. The maximum absolute atomic E-state index is 13.3. The highest BCUT2D eigenvalue weighted by atomic mass is 32.2. The van der Waals surface area contributed by atoms with E-state index in [1.54, 1.807) is 12.1 Å². The van der Waals surface area contributed by atoms with Gasteiger partial charge in [0.25, 0.3) is 0 Å². The average Bonchev–Trinajstić information content (AvgIpc) is 3.72. The van der Waals surface area contributed by atoms with Crippen molar-refractivity contribution in [2.24, 2.45) is 5.92 Å². The molecule has 7 nitrogen and oxygen atoms in total. The van der Waals surface area contributed by atoms with Crippen molar-refractivity contribution in [1.82, 2.24) is 14.6 Å². The minimum absolute atomic E-state index is 0.0460. The quantitative estimate of drug-likeness (QED) is 0.468. The standard InChI is InChI=1S/C29H33N3O4S/c1-19-25-14-13-24(17-26(25)30-28(19)21-5-3-2-4-6-21)37(34,35)31-23-11-9-22(10-12-23)29(33)32-15-16-36-18-27(32)20-7-8-20/h2-7,13-14,17,22-23,27,30-31H,8-12,15-16,18H2,1H3/t22-,23-,27-/m1/s1. The Balaban J connectivity index is 1.12. The molecule has 1 saturated carbocycles. The van der Waals surface area contributed by atoms with Crippen LogP contribution in [0.5, 0.6) is 0 Å². The van der Waals surface area contributed by atoms with Crippen LogP contribution in [0.3, 0.4) is 0 Å². The van der Waals surface area contributed by atoms with E-state index >= 15 is 0 Å². The van der Waals surface area contributed by atoms with Gasteiger partial charge in [-0.3, -0.25) is 4.79 Å². The predicted octanol–water partition coefficient (Wildman–Crippen LogP) is 4.54. The molecule has 6 rings (SSSR count). The molecular weight excluding hydrogens is 486 g/mol. The van der Waals surface area contributed by atoms with Gasteiger partial charge in [-0.2, -0.15) is 0 Å². The van der Waals surface area contributed by atoms with Crippen molar-refractivity contribution >= 4 is 26.8 Å². The summed E-state index contributed by atoms with van der Waals surface area (Å²) in [5.41, 5.74) is 5.28. The largest absolute Gasteiger partial charge is 0.377 e. The zero-order valence-electron chi connectivity index (χ0n) is 21.1. The first-order valence-corrected chi connectivity index (χ1v) is 14.7. The Morgan fingerprint density at radius 2 is 1.84 bits per heavy atom. The van der Waals surface area contributed by atoms with E-state index in [4.69, 9.17) is 4.74 Å². The first-order chi connectivity index (χ1) is 17.9. The number of morpholine rings is 1. The van der Waals surface area contributed by atoms with Crippen LogP contribution in [0.2, 0.25) is 0 Å². The number of nitrogens with zero attached hydrogens (tertiary/aromatic N) is 1. The van der Waals surface area contributed by atoms with Gasteiger partial charge in [0.2, 0.25) is 15.9 Å². The second-order valence-corrected chi connectivity index (χ2v) is 12.2. The number of hydrogen-bond donors (Lipinski definition) is 2. The van der Waals surface area contributed by atoms with Crippen LogP contribution in [-0.4, -0.2) is 56.1 Å². The van der Waals surface area contributed by atoms with Gasteiger partial charge < -0.3 is 14.6 Å². The zero-order valence-corrected chi connectivity index (χ0v) is 21.9. The lowest BCUT2D eigenvalue weighted by atomic mass is 9.85. The number of fused-ring (bicyclic) bond motifs is 1. The Kier molecular flexibility index (Phi) is 6.42. The molecule has 2 aliphatic carbocycles. The number of hydrogen-bond acceptors (Lipinski definition) is 4. The Bertz CT molecular complexity index is 1450. The van der Waals surface area contributed by atoms with E-state index in [9.17, 15) is 13.2 Å². The normalized spacial score (nSPS) is 24.2. The fourth-order valence-corrected chi connectivity index (χ4v) is 7.19. The number of amides is 1. The van der Waals surface area contributed by atoms with Crippen molar-refractivity contribution in [2.75, 3.05) is 19.8 Å². The predicted molar refractivity (Wildman–Crippen MR) is 144 cm³/mol. The molecule has 1 aromatic heterocycles. The molecule has 1 amide bonds. The van der Waals surface area contributed by atoms with Crippen LogP contribution in [0.15, 0.2) is 65.1 Å². The van der Waals surface area contributed by atoms with Crippen LogP contribution in [-0.2, 0) is 19.6 Å². The molecule has 3 aromatic rings. The first-order valence-electron chi connectivity index (χ1n) is 13.2. The number of aromatic amines is 1. The molecule has 194 valence electrons. The van der Waals surface area contributed by atoms with E-state index < -0.39 is 10.0 Å². The third-order valence-corrected chi connectivity index (χ3v) is 9.60. The second-order valence-electron chi connectivity index (χ2n) is 10.5. The lowest BCUT2D eigenvalue weighted by molar-refractivity contribution is -0.143. The Morgan fingerprint density at radius 3 is 2.57 bits per heavy atom. The summed E-state index contributed by atoms with van der Waals surface area (Å²) in [6.07, 6.45) is 5.87. The number of aryl methyl sites for hydroxylation is 1. The summed E-state index contributed by atoms with van der Waals surface area (Å²) >= 11 is 0. The Hall–Kier alpha value is -2.94. The molecule has 1 aliphatic heterocycles. The molecule has 8 heteroatoms. The summed E-state index contributed by atoms with van der Waals surface area (Å²) in [7, 11) is -3.68. The summed E-state index contributed by atoms with van der Waals surface area (Å²) in [5, 5.41) is 1.01. The zero-order chi connectivity index (χ0) is 25.6. The maximum Gasteiger partial charge on any atom is 0.240 e. The highest BCUT2D eigenvalue weighted by Crippen LogP contribution is 2.34. The van der Waals surface area contributed by atoms with E-state index in [-0.39, 0.29) is 28.8 Å². The molecule has 3 aliphatic rings. The average molecular weight is 520 g/mol. The van der Waals surface area contributed by atoms with Gasteiger partial charge in [0.1, 0.15) is 0 Å². The molecule has 37 heavy (non-hydrogen) atoms. The van der Waals surface area contributed by atoms with Crippen LogP contribution in [0.1, 0.15) is 37.7 Å². The molecule has 2 aromatic carbocycles. The summed E-state index contributed by atoms with van der Waals surface area (Å²) in [6, 6.07) is 15.3. The SMILES string of the molecule is Cc1c(-c2ccccc2)[nH]c2cc(S(=O)(=O)N[C@H]3CC[C@H](C(=O)N4CCOC[C@@H]4C4=CC4)CC3)ccc12. The van der Waals surface area contributed by atoms with Crippen LogP contribution in [0.25, 0.3) is 22.2 Å². The van der Waals surface area contributed by atoms with Crippen molar-refractivity contribution in [1.29, 1.82) is 0 Å². The number of benzene rings is 2. The van der Waals surface area contributed by atoms with Crippen LogP contribution >= 0.6 is 0 Å². The summed E-state index contributed by atoms with van der Waals surface area (Å²) in [5.74, 6) is 0.152. The number of rotatable bonds is 6. The topological polar surface area (TPSA) is 91.5 Å². The third kappa shape index (κ3) is 4.85. The fourth-order valence-electron chi connectivity index (χ4n) is 5.86. The number of carbonyl (C=O) groups excluding carboxylic acids is 1. The molecule has 2 fully saturated rings. The van der Waals surface area contributed by atoms with E-state index in [0.717, 1.165) is 34.1 Å². The monoisotopic (exact) mass is 519 g/mol. The van der Waals surface area contributed by atoms with Gasteiger partial charge in [0, 0.05) is 35.1 Å². The molecule has 1 atom stereocenters. The molecule has 0 unspecified atom stereocenters. The molecule has 0 bridgehead atoms. The third-order valence-electron chi connectivity index (χ3n) is 8.08. The highest BCUT2D eigenvalue weighted by Gasteiger charge is 2.37. The van der Waals surface area contributed by atoms with Crippen LogP contribution in [0.4, 0.5) is 0 Å². The fraction of sp³-hybridized carbons (Fsp3) is 0.414. The number of allylic oxidation sites excluding steroid dienone is 1. The van der Waals surface area contributed by atoms with Gasteiger partial charge in [-0.1, -0.05) is 42.5 Å². The second kappa shape index (κ2) is 9.74. The number of ether oxygens (including phenoxy) is 1. The van der Waals surface area contributed by atoms with Crippen LogP contribution in [0, 0.1) is 12.8 Å². The molecule has 0 radical (unpaired) electrons. The van der Waals surface area contributed by atoms with Gasteiger partial charge >= 0.3 is 0 Å². The van der Waals surface area contributed by atoms with Crippen molar-refractivity contribution in [3.63, 3.8) is 0 Å². The molecule has 2 N–H and O–H groups in total. The lowest BCUT2D eigenvalue weighted by Gasteiger charge is -2.38. The Morgan fingerprint density at radius 1 is 1.08 bits per heavy atom.